The summed E-state index contributed by atoms with van der Waals surface area (Å²) >= 11 is 0. The van der Waals surface area contributed by atoms with Gasteiger partial charge in [-0.3, -0.25) is 0 Å². The van der Waals surface area contributed by atoms with E-state index >= 15 is 0 Å². The average molecular weight is 257 g/mol. The summed E-state index contributed by atoms with van der Waals surface area (Å²) in [7, 11) is 0. The molecule has 2 aromatic rings. The normalized spacial score (nSPS) is 14.3. The van der Waals surface area contributed by atoms with E-state index < -0.39 is 0 Å². The highest BCUT2D eigenvalue weighted by Crippen LogP contribution is 2.22. The van der Waals surface area contributed by atoms with E-state index in [1.165, 1.54) is 11.1 Å². The largest absolute Gasteiger partial charge is 0.468 e. The van der Waals surface area contributed by atoms with Gasteiger partial charge in [0.2, 0.25) is 0 Å². The van der Waals surface area contributed by atoms with Crippen LogP contribution in [0.15, 0.2) is 47.1 Å². The number of aryl methyl sites for hydroxylation is 1. The van der Waals surface area contributed by atoms with Crippen molar-refractivity contribution < 1.29 is 4.42 Å². The van der Waals surface area contributed by atoms with E-state index in [9.17, 15) is 0 Å². The third-order valence-electron chi connectivity index (χ3n) is 3.62. The first kappa shape index (κ1) is 13.9. The molecule has 19 heavy (non-hydrogen) atoms. The van der Waals surface area contributed by atoms with Crippen molar-refractivity contribution in [2.75, 3.05) is 0 Å². The van der Waals surface area contributed by atoms with Crippen LogP contribution in [0.5, 0.6) is 0 Å². The predicted octanol–water partition coefficient (Wildman–Crippen LogP) is 4.64. The lowest BCUT2D eigenvalue weighted by Crippen LogP contribution is -2.23. The van der Waals surface area contributed by atoms with E-state index in [2.05, 4.69) is 50.4 Å². The Morgan fingerprint density at radius 3 is 2.37 bits per heavy atom. The molecule has 0 radical (unpaired) electrons. The van der Waals surface area contributed by atoms with Crippen molar-refractivity contribution in [2.45, 2.75) is 45.7 Å². The van der Waals surface area contributed by atoms with Crippen LogP contribution in [-0.4, -0.2) is 0 Å². The number of rotatable bonds is 6. The van der Waals surface area contributed by atoms with Crippen LogP contribution in [0.4, 0.5) is 0 Å². The van der Waals surface area contributed by atoms with E-state index in [0.29, 0.717) is 6.04 Å². The zero-order valence-corrected chi connectivity index (χ0v) is 12.0. The molecule has 1 aromatic heterocycles. The summed E-state index contributed by atoms with van der Waals surface area (Å²) < 4.78 is 5.45. The SMILES string of the molecule is CCc1ccc(C(CC)NC(C)c2ccco2)cc1. The monoisotopic (exact) mass is 257 g/mol. The molecular formula is C17H23NO. The molecular weight excluding hydrogens is 234 g/mol. The molecule has 2 rings (SSSR count). The van der Waals surface area contributed by atoms with Gasteiger partial charge in [-0.2, -0.15) is 0 Å². The van der Waals surface area contributed by atoms with Gasteiger partial charge in [0.05, 0.1) is 12.3 Å². The van der Waals surface area contributed by atoms with Crippen molar-refractivity contribution in [3.05, 3.63) is 59.5 Å². The summed E-state index contributed by atoms with van der Waals surface area (Å²) in [5.74, 6) is 0.989. The average Bonchev–Trinajstić information content (AvgIpc) is 2.99. The van der Waals surface area contributed by atoms with E-state index in [1.54, 1.807) is 6.26 Å². The van der Waals surface area contributed by atoms with Gasteiger partial charge in [-0.05, 0) is 43.0 Å². The maximum atomic E-state index is 5.45. The molecule has 2 heteroatoms. The molecule has 0 saturated carbocycles. The van der Waals surface area contributed by atoms with Crippen LogP contribution in [0.1, 0.15) is 56.2 Å². The molecule has 2 unspecified atom stereocenters. The number of hydrogen-bond donors (Lipinski definition) is 1. The molecule has 0 aliphatic carbocycles. The summed E-state index contributed by atoms with van der Waals surface area (Å²) in [6.07, 6.45) is 3.88. The van der Waals surface area contributed by atoms with Gasteiger partial charge in [0.1, 0.15) is 5.76 Å². The topological polar surface area (TPSA) is 25.2 Å². The molecule has 0 bridgehead atoms. The number of hydrogen-bond acceptors (Lipinski definition) is 2. The smallest absolute Gasteiger partial charge is 0.120 e. The minimum Gasteiger partial charge on any atom is -0.468 e. The molecule has 2 nitrogen and oxygen atoms in total. The summed E-state index contributed by atoms with van der Waals surface area (Å²) in [5.41, 5.74) is 2.73. The second-order valence-corrected chi connectivity index (χ2v) is 4.96. The second kappa shape index (κ2) is 6.58. The Labute approximate surface area is 115 Å². The third-order valence-corrected chi connectivity index (χ3v) is 3.62. The van der Waals surface area contributed by atoms with Crippen molar-refractivity contribution in [3.8, 4) is 0 Å². The first-order valence-electron chi connectivity index (χ1n) is 7.12. The van der Waals surface area contributed by atoms with Crippen LogP contribution in [0.25, 0.3) is 0 Å². The minimum absolute atomic E-state index is 0.228. The van der Waals surface area contributed by atoms with E-state index in [4.69, 9.17) is 4.42 Å². The first-order chi connectivity index (χ1) is 9.24. The van der Waals surface area contributed by atoms with E-state index in [-0.39, 0.29) is 6.04 Å². The van der Waals surface area contributed by atoms with Gasteiger partial charge in [-0.15, -0.1) is 0 Å². The fourth-order valence-electron chi connectivity index (χ4n) is 2.36. The van der Waals surface area contributed by atoms with Gasteiger partial charge >= 0.3 is 0 Å². The van der Waals surface area contributed by atoms with Crippen molar-refractivity contribution in [1.29, 1.82) is 0 Å². The fourth-order valence-corrected chi connectivity index (χ4v) is 2.36. The zero-order chi connectivity index (χ0) is 13.7. The highest BCUT2D eigenvalue weighted by molar-refractivity contribution is 5.25. The van der Waals surface area contributed by atoms with Gasteiger partial charge in [-0.1, -0.05) is 38.1 Å². The van der Waals surface area contributed by atoms with Gasteiger partial charge in [0, 0.05) is 6.04 Å². The molecule has 0 fully saturated rings. The second-order valence-electron chi connectivity index (χ2n) is 4.96. The van der Waals surface area contributed by atoms with E-state index in [1.807, 2.05) is 12.1 Å². The van der Waals surface area contributed by atoms with Gasteiger partial charge in [0.15, 0.2) is 0 Å². The Kier molecular flexibility index (Phi) is 4.80. The highest BCUT2D eigenvalue weighted by Gasteiger charge is 2.15. The van der Waals surface area contributed by atoms with Crippen molar-refractivity contribution in [3.63, 3.8) is 0 Å². The molecule has 1 heterocycles. The van der Waals surface area contributed by atoms with Crippen LogP contribution >= 0.6 is 0 Å². The van der Waals surface area contributed by atoms with Crippen molar-refractivity contribution >= 4 is 0 Å². The van der Waals surface area contributed by atoms with Gasteiger partial charge < -0.3 is 9.73 Å². The van der Waals surface area contributed by atoms with Crippen molar-refractivity contribution in [1.82, 2.24) is 5.32 Å². The maximum Gasteiger partial charge on any atom is 0.120 e. The number of benzene rings is 1. The maximum absolute atomic E-state index is 5.45. The molecule has 0 amide bonds. The highest BCUT2D eigenvalue weighted by atomic mass is 16.3. The molecule has 1 aromatic carbocycles. The Morgan fingerprint density at radius 1 is 1.11 bits per heavy atom. The summed E-state index contributed by atoms with van der Waals surface area (Å²) in [5, 5.41) is 3.63. The van der Waals surface area contributed by atoms with Crippen LogP contribution in [0.2, 0.25) is 0 Å². The molecule has 1 N–H and O–H groups in total. The molecule has 0 aliphatic rings. The van der Waals surface area contributed by atoms with Crippen LogP contribution in [0.3, 0.4) is 0 Å². The molecule has 0 aliphatic heterocycles. The van der Waals surface area contributed by atoms with Crippen LogP contribution in [-0.2, 0) is 6.42 Å². The summed E-state index contributed by atoms with van der Waals surface area (Å²) in [4.78, 5) is 0. The Hall–Kier alpha value is -1.54. The van der Waals surface area contributed by atoms with Crippen LogP contribution < -0.4 is 5.32 Å². The number of furan rings is 1. The fraction of sp³-hybridized carbons (Fsp3) is 0.412. The third kappa shape index (κ3) is 3.48. The predicted molar refractivity (Wildman–Crippen MR) is 79.1 cm³/mol. The minimum atomic E-state index is 0.228. The molecule has 2 atom stereocenters. The first-order valence-corrected chi connectivity index (χ1v) is 7.12. The Balaban J connectivity index is 2.06. The quantitative estimate of drug-likeness (QED) is 0.815. The lowest BCUT2D eigenvalue weighted by molar-refractivity contribution is 0.387. The number of nitrogens with one attached hydrogen (secondary N) is 1. The zero-order valence-electron chi connectivity index (χ0n) is 12.0. The summed E-state index contributed by atoms with van der Waals surface area (Å²) in [6.45, 7) is 6.53. The standard InChI is InChI=1S/C17H23NO/c1-4-14-8-10-15(11-9-14)16(5-2)18-13(3)17-7-6-12-19-17/h6-13,16,18H,4-5H2,1-3H3. The Morgan fingerprint density at radius 2 is 1.84 bits per heavy atom. The molecule has 0 spiro atoms. The van der Waals surface area contributed by atoms with Gasteiger partial charge in [0.25, 0.3) is 0 Å². The van der Waals surface area contributed by atoms with Gasteiger partial charge in [-0.25, -0.2) is 0 Å². The van der Waals surface area contributed by atoms with Crippen molar-refractivity contribution in [2.24, 2.45) is 0 Å². The Bertz CT molecular complexity index is 472. The molecule has 102 valence electrons. The lowest BCUT2D eigenvalue weighted by Gasteiger charge is -2.21. The molecule has 0 saturated heterocycles. The van der Waals surface area contributed by atoms with E-state index in [0.717, 1.165) is 18.6 Å². The lowest BCUT2D eigenvalue weighted by atomic mass is 10.0. The summed E-state index contributed by atoms with van der Waals surface area (Å²) in [6, 6.07) is 13.4. The van der Waals surface area contributed by atoms with Crippen LogP contribution in [0, 0.1) is 0 Å².